The number of amides is 1. The van der Waals surface area contributed by atoms with Gasteiger partial charge < -0.3 is 10.0 Å². The molecule has 0 radical (unpaired) electrons. The van der Waals surface area contributed by atoms with Gasteiger partial charge in [0.25, 0.3) is 0 Å². The third-order valence-electron chi connectivity index (χ3n) is 4.31. The van der Waals surface area contributed by atoms with Crippen LogP contribution < -0.4 is 0 Å². The number of aliphatic carboxylic acids is 1. The molecule has 4 nitrogen and oxygen atoms in total. The molecule has 1 N–H and O–H groups in total. The monoisotopic (exact) mass is 239 g/mol. The molecule has 4 atom stereocenters. The zero-order chi connectivity index (χ0) is 12.6. The molecule has 4 heteroatoms. The molecule has 1 saturated carbocycles. The summed E-state index contributed by atoms with van der Waals surface area (Å²) in [6.45, 7) is 5.02. The molecule has 0 aromatic heterocycles. The van der Waals surface area contributed by atoms with Crippen LogP contribution in [-0.4, -0.2) is 34.5 Å². The van der Waals surface area contributed by atoms with Crippen LogP contribution in [0.3, 0.4) is 0 Å². The molecule has 0 aromatic carbocycles. The van der Waals surface area contributed by atoms with Gasteiger partial charge in [-0.2, -0.15) is 0 Å². The summed E-state index contributed by atoms with van der Waals surface area (Å²) in [6, 6.07) is 0.272. The van der Waals surface area contributed by atoms with E-state index < -0.39 is 11.9 Å². The molecule has 1 heterocycles. The summed E-state index contributed by atoms with van der Waals surface area (Å²) >= 11 is 0. The molecule has 1 amide bonds. The number of hydrogen-bond donors (Lipinski definition) is 1. The fourth-order valence-corrected chi connectivity index (χ4v) is 2.90. The molecule has 96 valence electrons. The molecular weight excluding hydrogens is 218 g/mol. The van der Waals surface area contributed by atoms with Crippen LogP contribution in [0.2, 0.25) is 0 Å². The van der Waals surface area contributed by atoms with Crippen LogP contribution in [0.4, 0.5) is 0 Å². The summed E-state index contributed by atoms with van der Waals surface area (Å²) in [5.41, 5.74) is 0. The van der Waals surface area contributed by atoms with Crippen molar-refractivity contribution in [1.82, 2.24) is 4.90 Å². The van der Waals surface area contributed by atoms with E-state index in [1.165, 1.54) is 0 Å². The average Bonchev–Trinajstić information content (AvgIpc) is 2.19. The van der Waals surface area contributed by atoms with Gasteiger partial charge in [0.2, 0.25) is 5.91 Å². The minimum absolute atomic E-state index is 0.0719. The van der Waals surface area contributed by atoms with Gasteiger partial charge in [0, 0.05) is 12.6 Å². The minimum atomic E-state index is -0.813. The Balaban J connectivity index is 2.01. The Morgan fingerprint density at radius 2 is 1.71 bits per heavy atom. The summed E-state index contributed by atoms with van der Waals surface area (Å²) < 4.78 is 0. The van der Waals surface area contributed by atoms with E-state index in [9.17, 15) is 9.59 Å². The van der Waals surface area contributed by atoms with Gasteiger partial charge in [0.1, 0.15) is 0 Å². The van der Waals surface area contributed by atoms with Crippen molar-refractivity contribution in [2.75, 3.05) is 6.54 Å². The Labute approximate surface area is 102 Å². The molecule has 17 heavy (non-hydrogen) atoms. The van der Waals surface area contributed by atoms with Gasteiger partial charge in [-0.25, -0.2) is 0 Å². The Morgan fingerprint density at radius 3 is 2.24 bits per heavy atom. The second kappa shape index (κ2) is 4.67. The van der Waals surface area contributed by atoms with Crippen molar-refractivity contribution in [3.8, 4) is 0 Å². The van der Waals surface area contributed by atoms with E-state index in [0.29, 0.717) is 12.3 Å². The molecule has 1 aliphatic carbocycles. The third-order valence-corrected chi connectivity index (χ3v) is 4.31. The van der Waals surface area contributed by atoms with Crippen LogP contribution in [0.15, 0.2) is 0 Å². The van der Waals surface area contributed by atoms with Gasteiger partial charge in [-0.1, -0.05) is 6.92 Å². The van der Waals surface area contributed by atoms with Crippen LogP contribution >= 0.6 is 0 Å². The zero-order valence-electron chi connectivity index (χ0n) is 10.6. The molecule has 2 aliphatic rings. The Morgan fingerprint density at radius 1 is 1.06 bits per heavy atom. The fraction of sp³-hybridized carbons (Fsp3) is 0.846. The summed E-state index contributed by atoms with van der Waals surface area (Å²) in [5.74, 6) is -0.902. The standard InChI is InChI=1S/C13H21NO3/c1-8-3-4-9(2)14(7-8)12(15)10-5-6-11(10)13(16)17/h8-11H,3-7H2,1-2H3,(H,16,17). The van der Waals surface area contributed by atoms with E-state index in [-0.39, 0.29) is 17.9 Å². The van der Waals surface area contributed by atoms with Crippen molar-refractivity contribution in [3.63, 3.8) is 0 Å². The van der Waals surface area contributed by atoms with Crippen LogP contribution in [0.1, 0.15) is 39.5 Å². The predicted octanol–water partition coefficient (Wildman–Crippen LogP) is 1.74. The van der Waals surface area contributed by atoms with Crippen molar-refractivity contribution in [2.45, 2.75) is 45.6 Å². The van der Waals surface area contributed by atoms with Crippen LogP contribution in [0.25, 0.3) is 0 Å². The lowest BCUT2D eigenvalue weighted by molar-refractivity contribution is -0.158. The molecule has 0 bridgehead atoms. The number of carboxylic acid groups (broad SMARTS) is 1. The van der Waals surface area contributed by atoms with Gasteiger partial charge in [0.15, 0.2) is 0 Å². The Hall–Kier alpha value is -1.06. The topological polar surface area (TPSA) is 57.6 Å². The van der Waals surface area contributed by atoms with Crippen molar-refractivity contribution in [1.29, 1.82) is 0 Å². The fourth-order valence-electron chi connectivity index (χ4n) is 2.90. The molecule has 4 unspecified atom stereocenters. The van der Waals surface area contributed by atoms with Gasteiger partial charge in [0.05, 0.1) is 11.8 Å². The molecule has 0 spiro atoms. The number of hydrogen-bond acceptors (Lipinski definition) is 2. The third kappa shape index (κ3) is 2.31. The van der Waals surface area contributed by atoms with Gasteiger partial charge >= 0.3 is 5.97 Å². The maximum absolute atomic E-state index is 12.3. The first-order valence-electron chi connectivity index (χ1n) is 6.54. The number of piperidine rings is 1. The second-order valence-electron chi connectivity index (χ2n) is 5.65. The SMILES string of the molecule is CC1CCC(C)N(C(=O)C2CCC2C(=O)O)C1. The zero-order valence-corrected chi connectivity index (χ0v) is 10.6. The molecule has 0 aromatic rings. The van der Waals surface area contributed by atoms with E-state index in [1.54, 1.807) is 0 Å². The highest BCUT2D eigenvalue weighted by molar-refractivity contribution is 5.86. The van der Waals surface area contributed by atoms with Crippen molar-refractivity contribution in [2.24, 2.45) is 17.8 Å². The lowest BCUT2D eigenvalue weighted by Gasteiger charge is -2.42. The largest absolute Gasteiger partial charge is 0.481 e. The second-order valence-corrected chi connectivity index (χ2v) is 5.65. The van der Waals surface area contributed by atoms with E-state index in [4.69, 9.17) is 5.11 Å². The molecule has 2 rings (SSSR count). The molecule has 2 fully saturated rings. The highest BCUT2D eigenvalue weighted by atomic mass is 16.4. The van der Waals surface area contributed by atoms with Gasteiger partial charge in [-0.05, 0) is 38.5 Å². The number of rotatable bonds is 2. The molecule has 1 aliphatic heterocycles. The van der Waals surface area contributed by atoms with E-state index >= 15 is 0 Å². The van der Waals surface area contributed by atoms with Crippen LogP contribution in [0.5, 0.6) is 0 Å². The van der Waals surface area contributed by atoms with Gasteiger partial charge in [-0.3, -0.25) is 9.59 Å². The van der Waals surface area contributed by atoms with E-state index in [0.717, 1.165) is 25.8 Å². The normalized spacial score (nSPS) is 37.4. The first kappa shape index (κ1) is 12.4. The Kier molecular flexibility index (Phi) is 3.40. The maximum atomic E-state index is 12.3. The summed E-state index contributed by atoms with van der Waals surface area (Å²) in [4.78, 5) is 25.2. The molecular formula is C13H21NO3. The number of carbonyl (C=O) groups excluding carboxylic acids is 1. The van der Waals surface area contributed by atoms with Crippen molar-refractivity contribution in [3.05, 3.63) is 0 Å². The smallest absolute Gasteiger partial charge is 0.307 e. The lowest BCUT2D eigenvalue weighted by atomic mass is 9.72. The number of nitrogens with zero attached hydrogens (tertiary/aromatic N) is 1. The van der Waals surface area contributed by atoms with Crippen LogP contribution in [0, 0.1) is 17.8 Å². The highest BCUT2D eigenvalue weighted by Crippen LogP contribution is 2.37. The number of carbonyl (C=O) groups is 2. The van der Waals surface area contributed by atoms with Crippen molar-refractivity contribution >= 4 is 11.9 Å². The van der Waals surface area contributed by atoms with Gasteiger partial charge in [-0.15, -0.1) is 0 Å². The summed E-state index contributed by atoms with van der Waals surface area (Å²) in [7, 11) is 0. The van der Waals surface area contributed by atoms with Crippen molar-refractivity contribution < 1.29 is 14.7 Å². The minimum Gasteiger partial charge on any atom is -0.481 e. The quantitative estimate of drug-likeness (QED) is 0.798. The van der Waals surface area contributed by atoms with E-state index in [1.807, 2.05) is 4.90 Å². The average molecular weight is 239 g/mol. The first-order valence-corrected chi connectivity index (χ1v) is 6.54. The summed E-state index contributed by atoms with van der Waals surface area (Å²) in [6.07, 6.45) is 3.60. The number of carboxylic acids is 1. The Bertz CT molecular complexity index is 329. The predicted molar refractivity (Wildman–Crippen MR) is 63.4 cm³/mol. The first-order chi connectivity index (χ1) is 8.00. The number of likely N-dealkylation sites (tertiary alicyclic amines) is 1. The lowest BCUT2D eigenvalue weighted by Crippen LogP contribution is -2.52. The maximum Gasteiger partial charge on any atom is 0.307 e. The highest BCUT2D eigenvalue weighted by Gasteiger charge is 2.44. The summed E-state index contributed by atoms with van der Waals surface area (Å²) in [5, 5.41) is 9.00. The van der Waals surface area contributed by atoms with Crippen LogP contribution in [-0.2, 0) is 9.59 Å². The molecule has 1 saturated heterocycles. The van der Waals surface area contributed by atoms with E-state index in [2.05, 4.69) is 13.8 Å².